The summed E-state index contributed by atoms with van der Waals surface area (Å²) in [7, 11) is 0. The zero-order valence-corrected chi connectivity index (χ0v) is 9.04. The van der Waals surface area contributed by atoms with E-state index in [1.807, 2.05) is 0 Å². The van der Waals surface area contributed by atoms with Crippen LogP contribution in [0.2, 0.25) is 0 Å². The average molecular weight is 308 g/mol. The lowest BCUT2D eigenvalue weighted by Crippen LogP contribution is -2.14. The molecule has 0 aromatic carbocycles. The third kappa shape index (κ3) is 2.87. The van der Waals surface area contributed by atoms with Crippen molar-refractivity contribution in [2.45, 2.75) is 17.7 Å². The second kappa shape index (κ2) is 4.23. The maximum atomic E-state index is 12.4. The molecule has 16 heavy (non-hydrogen) atoms. The predicted octanol–water partition coefficient (Wildman–Crippen LogP) is 4.01. The van der Waals surface area contributed by atoms with Crippen LogP contribution < -0.4 is 0 Å². The highest BCUT2D eigenvalue weighted by Gasteiger charge is 2.38. The Morgan fingerprint density at radius 3 is 2.00 bits per heavy atom. The number of aromatic nitrogens is 1. The van der Waals surface area contributed by atoms with E-state index in [0.717, 1.165) is 0 Å². The molecule has 1 aromatic rings. The minimum absolute atomic E-state index is 0.0591. The summed E-state index contributed by atoms with van der Waals surface area (Å²) in [6.07, 6.45) is -9.30. The van der Waals surface area contributed by atoms with Gasteiger partial charge in [0.1, 0.15) is 0 Å². The number of hydrogen-bond acceptors (Lipinski definition) is 1. The van der Waals surface area contributed by atoms with Crippen LogP contribution in [0, 0.1) is 0 Å². The van der Waals surface area contributed by atoms with Crippen molar-refractivity contribution < 1.29 is 26.3 Å². The van der Waals surface area contributed by atoms with Crippen LogP contribution in [0.4, 0.5) is 26.3 Å². The molecule has 0 aliphatic heterocycles. The van der Waals surface area contributed by atoms with Crippen molar-refractivity contribution in [1.29, 1.82) is 0 Å². The molecule has 1 nitrogen and oxygen atoms in total. The fourth-order valence-electron chi connectivity index (χ4n) is 1.00. The van der Waals surface area contributed by atoms with E-state index in [0.29, 0.717) is 6.20 Å². The van der Waals surface area contributed by atoms with Gasteiger partial charge in [-0.05, 0) is 6.07 Å². The van der Waals surface area contributed by atoms with E-state index in [1.54, 1.807) is 0 Å². The van der Waals surface area contributed by atoms with Crippen LogP contribution in [0.25, 0.3) is 0 Å². The van der Waals surface area contributed by atoms with Crippen LogP contribution in [0.3, 0.4) is 0 Å². The summed E-state index contributed by atoms with van der Waals surface area (Å²) in [4.78, 5) is 3.14. The third-order valence-electron chi connectivity index (χ3n) is 1.73. The van der Waals surface area contributed by atoms with Gasteiger partial charge in [0.05, 0.1) is 16.8 Å². The van der Waals surface area contributed by atoms with E-state index in [-0.39, 0.29) is 11.4 Å². The fourth-order valence-corrected chi connectivity index (χ4v) is 1.45. The summed E-state index contributed by atoms with van der Waals surface area (Å²) in [6.45, 7) is 0. The summed E-state index contributed by atoms with van der Waals surface area (Å²) >= 11 is 2.73. The molecule has 0 atom stereocenters. The lowest BCUT2D eigenvalue weighted by Gasteiger charge is -2.13. The first kappa shape index (κ1) is 13.3. The van der Waals surface area contributed by atoms with Gasteiger partial charge >= 0.3 is 12.4 Å². The Bertz CT molecular complexity index is 383. The van der Waals surface area contributed by atoms with Gasteiger partial charge in [0.25, 0.3) is 0 Å². The van der Waals surface area contributed by atoms with E-state index in [2.05, 4.69) is 20.9 Å². The number of rotatable bonds is 1. The van der Waals surface area contributed by atoms with E-state index < -0.39 is 29.2 Å². The van der Waals surface area contributed by atoms with Crippen LogP contribution in [0.1, 0.15) is 16.8 Å². The quantitative estimate of drug-likeness (QED) is 0.564. The first-order chi connectivity index (χ1) is 7.16. The maximum Gasteiger partial charge on any atom is 0.418 e. The molecule has 1 aromatic heterocycles. The van der Waals surface area contributed by atoms with Gasteiger partial charge in [-0.3, -0.25) is 4.98 Å². The molecule has 0 fully saturated rings. The SMILES string of the molecule is FC(F)(F)c1cnc(CBr)c(C(F)(F)F)c1. The summed E-state index contributed by atoms with van der Waals surface area (Å²) in [5.41, 5.74) is -3.26. The molecule has 0 saturated heterocycles. The Kier molecular flexibility index (Phi) is 3.51. The highest BCUT2D eigenvalue weighted by Crippen LogP contribution is 2.36. The van der Waals surface area contributed by atoms with Gasteiger partial charge in [-0.2, -0.15) is 26.3 Å². The van der Waals surface area contributed by atoms with Gasteiger partial charge in [0, 0.05) is 11.5 Å². The van der Waals surface area contributed by atoms with Crippen LogP contribution in [-0.2, 0) is 17.7 Å². The molecule has 0 aliphatic rings. The molecule has 0 amide bonds. The van der Waals surface area contributed by atoms with Gasteiger partial charge in [0.2, 0.25) is 0 Å². The molecule has 1 heterocycles. The van der Waals surface area contributed by atoms with Gasteiger partial charge in [-0.15, -0.1) is 0 Å². The number of pyridine rings is 1. The number of alkyl halides is 7. The molecule has 0 aliphatic carbocycles. The van der Waals surface area contributed by atoms with Gasteiger partial charge in [-0.25, -0.2) is 0 Å². The Hall–Kier alpha value is -0.790. The summed E-state index contributed by atoms with van der Waals surface area (Å²) in [5.74, 6) is 0. The Morgan fingerprint density at radius 1 is 1.06 bits per heavy atom. The Morgan fingerprint density at radius 2 is 1.62 bits per heavy atom. The van der Waals surface area contributed by atoms with Crippen LogP contribution in [0.5, 0.6) is 0 Å². The standard InChI is InChI=1S/C8H4BrF6N/c9-2-6-5(8(13,14)15)1-4(3-16-6)7(10,11)12/h1,3H,2H2. The average Bonchev–Trinajstić information content (AvgIpc) is 2.14. The molecule has 0 spiro atoms. The molecular formula is C8H4BrF6N. The maximum absolute atomic E-state index is 12.4. The Labute approximate surface area is 94.6 Å². The van der Waals surface area contributed by atoms with E-state index in [1.165, 1.54) is 0 Å². The minimum Gasteiger partial charge on any atom is -0.259 e. The van der Waals surface area contributed by atoms with Crippen LogP contribution >= 0.6 is 15.9 Å². The molecular weight excluding hydrogens is 304 g/mol. The second-order valence-electron chi connectivity index (χ2n) is 2.85. The number of nitrogens with zero attached hydrogens (tertiary/aromatic N) is 1. The summed E-state index contributed by atoms with van der Waals surface area (Å²) in [5, 5.41) is -0.264. The van der Waals surface area contributed by atoms with Gasteiger partial charge in [0.15, 0.2) is 0 Å². The second-order valence-corrected chi connectivity index (χ2v) is 3.41. The first-order valence-corrected chi connectivity index (χ1v) is 4.97. The molecule has 0 saturated carbocycles. The van der Waals surface area contributed by atoms with E-state index >= 15 is 0 Å². The summed E-state index contributed by atoms with van der Waals surface area (Å²) < 4.78 is 73.6. The topological polar surface area (TPSA) is 12.9 Å². The molecule has 0 bridgehead atoms. The number of hydrogen-bond donors (Lipinski definition) is 0. The zero-order valence-electron chi connectivity index (χ0n) is 7.45. The van der Waals surface area contributed by atoms with Crippen LogP contribution in [0.15, 0.2) is 12.3 Å². The van der Waals surface area contributed by atoms with E-state index in [9.17, 15) is 26.3 Å². The lowest BCUT2D eigenvalue weighted by molar-refractivity contribution is -0.143. The smallest absolute Gasteiger partial charge is 0.259 e. The van der Waals surface area contributed by atoms with Crippen molar-refractivity contribution in [2.24, 2.45) is 0 Å². The van der Waals surface area contributed by atoms with Crippen molar-refractivity contribution in [3.8, 4) is 0 Å². The highest BCUT2D eigenvalue weighted by atomic mass is 79.9. The lowest BCUT2D eigenvalue weighted by atomic mass is 10.1. The van der Waals surface area contributed by atoms with Crippen molar-refractivity contribution in [2.75, 3.05) is 0 Å². The van der Waals surface area contributed by atoms with Crippen molar-refractivity contribution in [3.63, 3.8) is 0 Å². The molecule has 0 radical (unpaired) electrons. The van der Waals surface area contributed by atoms with E-state index in [4.69, 9.17) is 0 Å². The molecule has 0 unspecified atom stereocenters. The van der Waals surface area contributed by atoms with Gasteiger partial charge < -0.3 is 0 Å². The first-order valence-electron chi connectivity index (χ1n) is 3.85. The number of halogens is 7. The van der Waals surface area contributed by atoms with Crippen LogP contribution in [-0.4, -0.2) is 4.98 Å². The third-order valence-corrected chi connectivity index (χ3v) is 2.26. The van der Waals surface area contributed by atoms with Crippen molar-refractivity contribution >= 4 is 15.9 Å². The van der Waals surface area contributed by atoms with Gasteiger partial charge in [-0.1, -0.05) is 15.9 Å². The monoisotopic (exact) mass is 307 g/mol. The zero-order chi connectivity index (χ0) is 12.6. The minimum atomic E-state index is -4.85. The largest absolute Gasteiger partial charge is 0.418 e. The Balaban J connectivity index is 3.34. The molecule has 0 N–H and O–H groups in total. The molecule has 8 heteroatoms. The highest BCUT2D eigenvalue weighted by molar-refractivity contribution is 9.08. The summed E-state index contributed by atoms with van der Waals surface area (Å²) in [6, 6.07) is 0.0591. The molecule has 1 rings (SSSR count). The predicted molar refractivity (Wildman–Crippen MR) is 46.9 cm³/mol. The molecule has 90 valence electrons. The normalized spacial score (nSPS) is 12.9. The van der Waals surface area contributed by atoms with Crippen molar-refractivity contribution in [1.82, 2.24) is 4.98 Å². The van der Waals surface area contributed by atoms with Crippen molar-refractivity contribution in [3.05, 3.63) is 29.1 Å². The fraction of sp³-hybridized carbons (Fsp3) is 0.375.